The van der Waals surface area contributed by atoms with Gasteiger partial charge in [0.05, 0.1) is 29.8 Å². The second-order valence-electron chi connectivity index (χ2n) is 8.44. The van der Waals surface area contributed by atoms with Crippen LogP contribution in [0.25, 0.3) is 0 Å². The van der Waals surface area contributed by atoms with E-state index < -0.39 is 11.9 Å². The van der Waals surface area contributed by atoms with Crippen LogP contribution in [-0.4, -0.2) is 33.8 Å². The van der Waals surface area contributed by atoms with Crippen molar-refractivity contribution < 1.29 is 22.4 Å². The number of rotatable bonds is 6. The average molecular weight is 462 g/mol. The molecule has 176 valence electrons. The first-order valence-electron chi connectivity index (χ1n) is 10.5. The summed E-state index contributed by atoms with van der Waals surface area (Å²) < 4.78 is 44.4. The van der Waals surface area contributed by atoms with Crippen molar-refractivity contribution in [2.45, 2.75) is 46.1 Å². The van der Waals surface area contributed by atoms with Gasteiger partial charge in [-0.3, -0.25) is 9.48 Å². The number of alkyl halides is 3. The van der Waals surface area contributed by atoms with Crippen molar-refractivity contribution in [2.24, 2.45) is 5.92 Å². The number of pyridine rings is 1. The summed E-state index contributed by atoms with van der Waals surface area (Å²) in [4.78, 5) is 19.0. The molecule has 33 heavy (non-hydrogen) atoms. The predicted molar refractivity (Wildman–Crippen MR) is 117 cm³/mol. The lowest BCUT2D eigenvalue weighted by Gasteiger charge is -2.38. The quantitative estimate of drug-likeness (QED) is 0.569. The highest BCUT2D eigenvalue weighted by molar-refractivity contribution is 6.04. The molecule has 0 saturated heterocycles. The van der Waals surface area contributed by atoms with Crippen molar-refractivity contribution in [2.75, 3.05) is 22.6 Å². The summed E-state index contributed by atoms with van der Waals surface area (Å²) in [7, 11) is 1.90. The van der Waals surface area contributed by atoms with Crippen LogP contribution in [-0.2, 0) is 24.1 Å². The second-order valence-corrected chi connectivity index (χ2v) is 8.44. The number of anilines is 3. The van der Waals surface area contributed by atoms with E-state index in [2.05, 4.69) is 20.7 Å². The summed E-state index contributed by atoms with van der Waals surface area (Å²) in [5.74, 6) is -0.120. The number of likely N-dealkylation sites (N-methyl/N-ethyl adjacent to an activating group) is 1. The smallest absolute Gasteiger partial charge is 0.449 e. The lowest BCUT2D eigenvalue weighted by Crippen LogP contribution is -2.49. The van der Waals surface area contributed by atoms with E-state index in [0.29, 0.717) is 23.7 Å². The van der Waals surface area contributed by atoms with Gasteiger partial charge in [-0.05, 0) is 25.0 Å². The number of aromatic nitrogens is 3. The number of halogens is 3. The Labute approximate surface area is 188 Å². The largest absolute Gasteiger partial charge is 0.455 e. The van der Waals surface area contributed by atoms with E-state index in [1.807, 2.05) is 38.8 Å². The first kappa shape index (κ1) is 22.7. The van der Waals surface area contributed by atoms with Crippen LogP contribution < -0.4 is 15.5 Å². The standard InChI is InChI=1S/C22H25F3N6O2/c1-12(2)20-21(32)29-19-13(3)28-18(7-16(19)30(20)4)26-8-14-9-27-31(10-14)11-15-5-6-17(33-15)22(23,24)25/h5-7,9-10,12,20H,8,11H2,1-4H3,(H,26,28)(H,29,32). The van der Waals surface area contributed by atoms with Crippen LogP contribution in [0.2, 0.25) is 0 Å². The molecule has 1 unspecified atom stereocenters. The van der Waals surface area contributed by atoms with E-state index in [1.165, 1.54) is 10.7 Å². The van der Waals surface area contributed by atoms with Gasteiger partial charge < -0.3 is 20.0 Å². The molecule has 3 aromatic heterocycles. The third-order valence-electron chi connectivity index (χ3n) is 5.54. The van der Waals surface area contributed by atoms with Crippen LogP contribution >= 0.6 is 0 Å². The Morgan fingerprint density at radius 2 is 2.06 bits per heavy atom. The predicted octanol–water partition coefficient (Wildman–Crippen LogP) is 4.27. The number of hydrogen-bond acceptors (Lipinski definition) is 6. The Morgan fingerprint density at radius 3 is 2.73 bits per heavy atom. The molecular formula is C22H25F3N6O2. The van der Waals surface area contributed by atoms with Gasteiger partial charge in [0.1, 0.15) is 17.6 Å². The van der Waals surface area contributed by atoms with E-state index in [-0.39, 0.29) is 30.2 Å². The van der Waals surface area contributed by atoms with Gasteiger partial charge in [-0.1, -0.05) is 13.8 Å². The van der Waals surface area contributed by atoms with E-state index in [9.17, 15) is 18.0 Å². The van der Waals surface area contributed by atoms with Gasteiger partial charge in [0, 0.05) is 31.4 Å². The number of carbonyl (C=O) groups is 1. The fraction of sp³-hybridized carbons (Fsp3) is 0.409. The van der Waals surface area contributed by atoms with Crippen molar-refractivity contribution in [3.8, 4) is 0 Å². The van der Waals surface area contributed by atoms with Gasteiger partial charge in [-0.25, -0.2) is 4.98 Å². The molecule has 4 heterocycles. The van der Waals surface area contributed by atoms with Gasteiger partial charge in [0.2, 0.25) is 11.7 Å². The molecule has 2 N–H and O–H groups in total. The van der Waals surface area contributed by atoms with Gasteiger partial charge in [-0.15, -0.1) is 0 Å². The normalized spacial score (nSPS) is 16.2. The SMILES string of the molecule is Cc1nc(NCc2cnn(Cc3ccc(C(F)(F)F)o3)c2)cc2c1NC(=O)C(C(C)C)N2C. The molecule has 1 aliphatic rings. The molecule has 3 aromatic rings. The summed E-state index contributed by atoms with van der Waals surface area (Å²) in [6.07, 6.45) is -1.15. The number of amides is 1. The number of nitrogens with one attached hydrogen (secondary N) is 2. The molecule has 0 saturated carbocycles. The van der Waals surface area contributed by atoms with Crippen molar-refractivity contribution >= 4 is 23.1 Å². The summed E-state index contributed by atoms with van der Waals surface area (Å²) in [6.45, 7) is 6.35. The van der Waals surface area contributed by atoms with Crippen molar-refractivity contribution in [3.63, 3.8) is 0 Å². The summed E-state index contributed by atoms with van der Waals surface area (Å²) >= 11 is 0. The molecule has 0 aliphatic carbocycles. The molecule has 0 bridgehead atoms. The minimum Gasteiger partial charge on any atom is -0.455 e. The molecule has 0 aromatic carbocycles. The van der Waals surface area contributed by atoms with E-state index >= 15 is 0 Å². The third-order valence-corrected chi connectivity index (χ3v) is 5.54. The minimum atomic E-state index is -4.51. The van der Waals surface area contributed by atoms with Crippen LogP contribution in [0.15, 0.2) is 35.0 Å². The van der Waals surface area contributed by atoms with Crippen LogP contribution in [0.5, 0.6) is 0 Å². The van der Waals surface area contributed by atoms with Crippen molar-refractivity contribution in [1.82, 2.24) is 14.8 Å². The number of hydrogen-bond donors (Lipinski definition) is 2. The number of furan rings is 1. The zero-order valence-corrected chi connectivity index (χ0v) is 18.7. The average Bonchev–Trinajstić information content (AvgIpc) is 3.37. The Balaban J connectivity index is 1.44. The van der Waals surface area contributed by atoms with Crippen molar-refractivity contribution in [1.29, 1.82) is 0 Å². The zero-order chi connectivity index (χ0) is 23.9. The number of aryl methyl sites for hydroxylation is 1. The fourth-order valence-corrected chi connectivity index (χ4v) is 4.00. The zero-order valence-electron chi connectivity index (χ0n) is 18.7. The summed E-state index contributed by atoms with van der Waals surface area (Å²) in [5, 5.41) is 10.4. The Bertz CT molecular complexity index is 1170. The highest BCUT2D eigenvalue weighted by Crippen LogP contribution is 2.36. The topological polar surface area (TPSA) is 88.2 Å². The maximum absolute atomic E-state index is 12.7. The maximum atomic E-state index is 12.7. The molecule has 8 nitrogen and oxygen atoms in total. The monoisotopic (exact) mass is 462 g/mol. The molecule has 0 spiro atoms. The first-order valence-corrected chi connectivity index (χ1v) is 10.5. The molecule has 1 atom stereocenters. The fourth-order valence-electron chi connectivity index (χ4n) is 4.00. The number of fused-ring (bicyclic) bond motifs is 1. The lowest BCUT2D eigenvalue weighted by molar-refractivity contribution is -0.153. The summed E-state index contributed by atoms with van der Waals surface area (Å²) in [5.41, 5.74) is 3.12. The van der Waals surface area contributed by atoms with Crippen LogP contribution in [0.4, 0.5) is 30.4 Å². The van der Waals surface area contributed by atoms with E-state index in [4.69, 9.17) is 4.42 Å². The molecule has 4 rings (SSSR count). The Kier molecular flexibility index (Phi) is 5.81. The van der Waals surface area contributed by atoms with E-state index in [1.54, 1.807) is 12.4 Å². The number of nitrogens with zero attached hydrogens (tertiary/aromatic N) is 4. The molecule has 1 amide bonds. The highest BCUT2D eigenvalue weighted by atomic mass is 19.4. The lowest BCUT2D eigenvalue weighted by atomic mass is 9.98. The molecular weight excluding hydrogens is 437 g/mol. The molecule has 1 aliphatic heterocycles. The van der Waals surface area contributed by atoms with Gasteiger partial charge in [-0.2, -0.15) is 18.3 Å². The number of carbonyl (C=O) groups excluding carboxylic acids is 1. The second kappa shape index (κ2) is 8.45. The molecule has 0 radical (unpaired) electrons. The third kappa shape index (κ3) is 4.67. The van der Waals surface area contributed by atoms with Crippen LogP contribution in [0.3, 0.4) is 0 Å². The minimum absolute atomic E-state index is 0.0445. The molecule has 11 heteroatoms. The van der Waals surface area contributed by atoms with Crippen LogP contribution in [0.1, 0.15) is 36.6 Å². The van der Waals surface area contributed by atoms with Crippen molar-refractivity contribution in [3.05, 3.63) is 53.4 Å². The maximum Gasteiger partial charge on any atom is 0.449 e. The summed E-state index contributed by atoms with van der Waals surface area (Å²) in [6, 6.07) is 3.82. The highest BCUT2D eigenvalue weighted by Gasteiger charge is 2.35. The van der Waals surface area contributed by atoms with Crippen LogP contribution in [0, 0.1) is 12.8 Å². The van der Waals surface area contributed by atoms with Gasteiger partial charge in [0.25, 0.3) is 0 Å². The first-order chi connectivity index (χ1) is 15.5. The van der Waals surface area contributed by atoms with Gasteiger partial charge in [0.15, 0.2) is 0 Å². The Hall–Kier alpha value is -3.50. The Morgan fingerprint density at radius 1 is 1.30 bits per heavy atom. The molecule has 0 fully saturated rings. The van der Waals surface area contributed by atoms with E-state index in [0.717, 1.165) is 17.3 Å². The van der Waals surface area contributed by atoms with Gasteiger partial charge >= 0.3 is 6.18 Å².